The van der Waals surface area contributed by atoms with Crippen molar-refractivity contribution in [1.82, 2.24) is 9.78 Å². The second-order valence-corrected chi connectivity index (χ2v) is 5.75. The molecule has 3 heterocycles. The molecule has 1 amide bonds. The van der Waals surface area contributed by atoms with Gasteiger partial charge in [-0.15, -0.1) is 0 Å². The summed E-state index contributed by atoms with van der Waals surface area (Å²) in [6.45, 7) is 1.96. The van der Waals surface area contributed by atoms with Gasteiger partial charge in [0.25, 0.3) is 5.91 Å². The van der Waals surface area contributed by atoms with Crippen molar-refractivity contribution in [2.45, 2.75) is 6.92 Å². The van der Waals surface area contributed by atoms with Crippen LogP contribution < -0.4 is 5.01 Å². The number of hydrogen-bond donors (Lipinski definition) is 0. The van der Waals surface area contributed by atoms with Gasteiger partial charge >= 0.3 is 0 Å². The Kier molecular flexibility index (Phi) is 3.57. The molecule has 0 spiro atoms. The van der Waals surface area contributed by atoms with Crippen LogP contribution in [0.1, 0.15) is 17.0 Å². The first-order valence-corrected chi connectivity index (χ1v) is 7.88. The van der Waals surface area contributed by atoms with Gasteiger partial charge < -0.3 is 4.42 Å². The van der Waals surface area contributed by atoms with Crippen LogP contribution in [-0.4, -0.2) is 21.4 Å². The summed E-state index contributed by atoms with van der Waals surface area (Å²) in [6.07, 6.45) is 5.12. The summed E-state index contributed by atoms with van der Waals surface area (Å²) < 4.78 is 7.25. The van der Waals surface area contributed by atoms with E-state index in [0.29, 0.717) is 22.7 Å². The van der Waals surface area contributed by atoms with E-state index >= 15 is 0 Å². The molecule has 0 unspecified atom stereocenters. The van der Waals surface area contributed by atoms with Gasteiger partial charge in [-0.3, -0.25) is 9.48 Å². The van der Waals surface area contributed by atoms with Crippen molar-refractivity contribution in [2.24, 2.45) is 12.1 Å². The number of aryl methyl sites for hydroxylation is 1. The summed E-state index contributed by atoms with van der Waals surface area (Å²) in [4.78, 5) is 13.0. The van der Waals surface area contributed by atoms with Gasteiger partial charge in [0.1, 0.15) is 5.71 Å². The molecule has 4 rings (SSSR count). The van der Waals surface area contributed by atoms with E-state index in [9.17, 15) is 4.79 Å². The summed E-state index contributed by atoms with van der Waals surface area (Å²) in [5.41, 5.74) is 3.55. The Morgan fingerprint density at radius 3 is 2.56 bits per heavy atom. The van der Waals surface area contributed by atoms with Crippen LogP contribution in [0.25, 0.3) is 6.08 Å². The molecule has 0 radical (unpaired) electrons. The van der Waals surface area contributed by atoms with Crippen LogP contribution in [0, 0.1) is 6.92 Å². The highest BCUT2D eigenvalue weighted by Gasteiger charge is 2.33. The molecule has 2 aromatic heterocycles. The van der Waals surface area contributed by atoms with Gasteiger partial charge in [0.15, 0.2) is 5.76 Å². The molecule has 0 fully saturated rings. The standard InChI is InChI=1S/C19H16N4O2/c1-13-14(12-20-22(13)2)11-16-18(17-9-6-10-25-17)21-23(19(16)24)15-7-4-3-5-8-15/h3-12H,1-2H3. The molecule has 1 aliphatic rings. The summed E-state index contributed by atoms with van der Waals surface area (Å²) >= 11 is 0. The molecule has 6 heteroatoms. The van der Waals surface area contributed by atoms with Crippen LogP contribution in [0.15, 0.2) is 70.0 Å². The third kappa shape index (κ3) is 2.57. The highest BCUT2D eigenvalue weighted by molar-refractivity contribution is 6.36. The summed E-state index contributed by atoms with van der Waals surface area (Å²) in [5, 5.41) is 10.1. The number of para-hydroxylation sites is 1. The third-order valence-corrected chi connectivity index (χ3v) is 4.21. The maximum atomic E-state index is 13.0. The Balaban J connectivity index is 1.84. The zero-order valence-electron chi connectivity index (χ0n) is 13.9. The lowest BCUT2D eigenvalue weighted by Gasteiger charge is -2.10. The Bertz CT molecular complexity index is 982. The lowest BCUT2D eigenvalue weighted by atomic mass is 10.1. The van der Waals surface area contributed by atoms with Crippen molar-refractivity contribution in [3.8, 4) is 0 Å². The Hall–Kier alpha value is -3.41. The van der Waals surface area contributed by atoms with Crippen LogP contribution >= 0.6 is 0 Å². The summed E-state index contributed by atoms with van der Waals surface area (Å²) in [5.74, 6) is 0.362. The smallest absolute Gasteiger partial charge is 0.281 e. The number of amides is 1. The van der Waals surface area contributed by atoms with Crippen molar-refractivity contribution < 1.29 is 9.21 Å². The number of rotatable bonds is 3. The molecule has 0 bridgehead atoms. The van der Waals surface area contributed by atoms with Gasteiger partial charge in [0, 0.05) is 18.3 Å². The summed E-state index contributed by atoms with van der Waals surface area (Å²) in [6, 6.07) is 12.9. The number of nitrogens with zero attached hydrogens (tertiary/aromatic N) is 4. The summed E-state index contributed by atoms with van der Waals surface area (Å²) in [7, 11) is 1.87. The average molecular weight is 332 g/mol. The van der Waals surface area contributed by atoms with Gasteiger partial charge in [-0.25, -0.2) is 0 Å². The maximum absolute atomic E-state index is 13.0. The molecule has 0 saturated carbocycles. The normalized spacial score (nSPS) is 15.9. The molecule has 0 atom stereocenters. The van der Waals surface area contributed by atoms with Crippen LogP contribution in [0.3, 0.4) is 0 Å². The maximum Gasteiger partial charge on any atom is 0.281 e. The van der Waals surface area contributed by atoms with Gasteiger partial charge in [0.05, 0.1) is 23.7 Å². The van der Waals surface area contributed by atoms with Crippen molar-refractivity contribution in [3.05, 3.63) is 77.5 Å². The van der Waals surface area contributed by atoms with E-state index < -0.39 is 0 Å². The minimum absolute atomic E-state index is 0.194. The number of furan rings is 1. The predicted octanol–water partition coefficient (Wildman–Crippen LogP) is 3.16. The fourth-order valence-corrected chi connectivity index (χ4v) is 2.70. The van der Waals surface area contributed by atoms with Crippen molar-refractivity contribution >= 4 is 23.4 Å². The molecule has 0 saturated heterocycles. The minimum atomic E-state index is -0.194. The fraction of sp³-hybridized carbons (Fsp3) is 0.105. The van der Waals surface area contributed by atoms with E-state index in [-0.39, 0.29) is 5.91 Å². The molecule has 1 aliphatic heterocycles. The SMILES string of the molecule is Cc1c(C=C2C(=O)N(c3ccccc3)N=C2c2ccco2)cnn1C. The molecule has 1 aromatic carbocycles. The fourth-order valence-electron chi connectivity index (χ4n) is 2.70. The number of hydrazone groups is 1. The number of anilines is 1. The monoisotopic (exact) mass is 332 g/mol. The van der Waals surface area contributed by atoms with Gasteiger partial charge in [-0.05, 0) is 37.3 Å². The number of carbonyl (C=O) groups excluding carboxylic acids is 1. The average Bonchev–Trinajstić information content (AvgIpc) is 3.33. The molecular formula is C19H16N4O2. The van der Waals surface area contributed by atoms with Gasteiger partial charge in [-0.1, -0.05) is 18.2 Å². The molecule has 25 heavy (non-hydrogen) atoms. The number of hydrogen-bond acceptors (Lipinski definition) is 4. The Morgan fingerprint density at radius 2 is 1.92 bits per heavy atom. The minimum Gasteiger partial charge on any atom is -0.463 e. The van der Waals surface area contributed by atoms with Crippen LogP contribution in [-0.2, 0) is 11.8 Å². The van der Waals surface area contributed by atoms with Crippen LogP contribution in [0.4, 0.5) is 5.69 Å². The number of aromatic nitrogens is 2. The molecular weight excluding hydrogens is 316 g/mol. The van der Waals surface area contributed by atoms with Crippen molar-refractivity contribution in [1.29, 1.82) is 0 Å². The molecule has 3 aromatic rings. The Morgan fingerprint density at radius 1 is 1.12 bits per heavy atom. The highest BCUT2D eigenvalue weighted by Crippen LogP contribution is 2.28. The van der Waals surface area contributed by atoms with Gasteiger partial charge in [0.2, 0.25) is 0 Å². The molecule has 6 nitrogen and oxygen atoms in total. The van der Waals surface area contributed by atoms with Crippen molar-refractivity contribution in [2.75, 3.05) is 5.01 Å². The van der Waals surface area contributed by atoms with Crippen molar-refractivity contribution in [3.63, 3.8) is 0 Å². The van der Waals surface area contributed by atoms with E-state index in [2.05, 4.69) is 10.2 Å². The Labute approximate surface area is 144 Å². The lowest BCUT2D eigenvalue weighted by molar-refractivity contribution is -0.114. The second kappa shape index (κ2) is 5.90. The van der Waals surface area contributed by atoms with Gasteiger partial charge in [-0.2, -0.15) is 15.2 Å². The zero-order valence-corrected chi connectivity index (χ0v) is 13.9. The molecule has 124 valence electrons. The van der Waals surface area contributed by atoms with Crippen LogP contribution in [0.2, 0.25) is 0 Å². The van der Waals surface area contributed by atoms with E-state index in [4.69, 9.17) is 4.42 Å². The van der Waals surface area contributed by atoms with Crippen LogP contribution in [0.5, 0.6) is 0 Å². The van der Waals surface area contributed by atoms with E-state index in [1.807, 2.05) is 50.4 Å². The first-order chi connectivity index (χ1) is 12.1. The van der Waals surface area contributed by atoms with E-state index in [0.717, 1.165) is 11.3 Å². The zero-order chi connectivity index (χ0) is 17.4. The first kappa shape index (κ1) is 15.1. The highest BCUT2D eigenvalue weighted by atomic mass is 16.3. The third-order valence-electron chi connectivity index (χ3n) is 4.21. The quantitative estimate of drug-likeness (QED) is 0.692. The molecule has 0 N–H and O–H groups in total. The largest absolute Gasteiger partial charge is 0.463 e. The first-order valence-electron chi connectivity index (χ1n) is 7.88. The second-order valence-electron chi connectivity index (χ2n) is 5.75. The number of benzene rings is 1. The predicted molar refractivity (Wildman–Crippen MR) is 95.1 cm³/mol. The number of carbonyl (C=O) groups is 1. The van der Waals surface area contributed by atoms with E-state index in [1.165, 1.54) is 5.01 Å². The van der Waals surface area contributed by atoms with E-state index in [1.54, 1.807) is 29.3 Å². The topological polar surface area (TPSA) is 63.6 Å². The molecule has 0 aliphatic carbocycles. The lowest BCUT2D eigenvalue weighted by Crippen LogP contribution is -2.21.